The van der Waals surface area contributed by atoms with Crippen molar-refractivity contribution in [1.82, 2.24) is 4.90 Å². The normalized spacial score (nSPS) is 45.5. The largest absolute Gasteiger partial charge is 0.462 e. The minimum absolute atomic E-state index is 0.0707. The number of carbonyl (C=O) groups is 3. The van der Waals surface area contributed by atoms with E-state index in [1.54, 1.807) is 19.1 Å². The minimum atomic E-state index is -1.15. The van der Waals surface area contributed by atoms with E-state index in [0.29, 0.717) is 19.3 Å². The average Bonchev–Trinajstić information content (AvgIpc) is 3.60. The van der Waals surface area contributed by atoms with Gasteiger partial charge in [0.05, 0.1) is 30.8 Å². The number of fused-ring (bicyclic) bond motifs is 1. The summed E-state index contributed by atoms with van der Waals surface area (Å²) in [4.78, 5) is 40.0. The molecule has 0 amide bonds. The van der Waals surface area contributed by atoms with Crippen LogP contribution in [-0.2, 0) is 33.3 Å². The number of aliphatic hydroxyl groups excluding tert-OH is 2. The Bertz CT molecular complexity index is 941. The summed E-state index contributed by atoms with van der Waals surface area (Å²) < 4.78 is 24.2. The summed E-state index contributed by atoms with van der Waals surface area (Å²) in [6.07, 6.45) is 0.627. The molecule has 0 radical (unpaired) electrons. The zero-order valence-corrected chi connectivity index (χ0v) is 25.9. The van der Waals surface area contributed by atoms with Crippen LogP contribution in [0, 0.1) is 23.7 Å². The zero-order chi connectivity index (χ0) is 30.6. The van der Waals surface area contributed by atoms with Crippen molar-refractivity contribution in [3.63, 3.8) is 0 Å². The summed E-state index contributed by atoms with van der Waals surface area (Å²) in [5.74, 6) is -2.32. The topological polar surface area (TPSA) is 135 Å². The Kier molecular flexibility index (Phi) is 11.7. The molecule has 10 heteroatoms. The highest BCUT2D eigenvalue weighted by Crippen LogP contribution is 2.45. The number of esters is 1. The third-order valence-corrected chi connectivity index (χ3v) is 9.29. The van der Waals surface area contributed by atoms with Gasteiger partial charge in [0.15, 0.2) is 12.1 Å². The van der Waals surface area contributed by atoms with Crippen molar-refractivity contribution in [3.05, 3.63) is 12.2 Å². The van der Waals surface area contributed by atoms with Crippen LogP contribution >= 0.6 is 0 Å². The fraction of sp³-hybridized carbons (Fsp3) is 0.839. The number of rotatable bonds is 6. The summed E-state index contributed by atoms with van der Waals surface area (Å²) >= 11 is 0. The first-order valence-electron chi connectivity index (χ1n) is 15.1. The maximum Gasteiger partial charge on any atom is 0.308 e. The number of aliphatic hydroxyl groups is 2. The van der Waals surface area contributed by atoms with Crippen LogP contribution < -0.4 is 0 Å². The zero-order valence-electron chi connectivity index (χ0n) is 25.9. The molecule has 0 bridgehead atoms. The molecule has 13 atom stereocenters. The van der Waals surface area contributed by atoms with Crippen LogP contribution in [0.1, 0.15) is 73.6 Å². The fourth-order valence-electron chi connectivity index (χ4n) is 6.50. The molecule has 3 rings (SSSR count). The Hall–Kier alpha value is -1.69. The van der Waals surface area contributed by atoms with Gasteiger partial charge in [0.1, 0.15) is 24.1 Å². The SMILES string of the molecule is CC[C@H]1OC(=O)C[C@@H](O)[C@H](C)[C@@H](O[C@@H]2O[C@H](C)C[C@H](N(C)C)[C@H]2O)[C@@H](CC=O)C[C@@H](C)C(=O)/C=C/[C@]2(C)O[C@H]2[C@H]1C. The van der Waals surface area contributed by atoms with Gasteiger partial charge in [0, 0.05) is 30.2 Å². The Labute approximate surface area is 244 Å². The van der Waals surface area contributed by atoms with E-state index in [1.165, 1.54) is 0 Å². The standard InChI is InChI=1S/C31H51NO9/c1-9-25-20(5)29-31(6,41-29)12-10-23(34)17(2)14-21(11-13-33)28(19(4)24(35)16-26(36)39-25)40-30-27(37)22(32(7)8)15-18(3)38-30/h10,12-13,17-22,24-25,27-30,35,37H,9,11,14-16H2,1-8H3/b12-10+/t17-,18-,19+,20+,21+,22+,24-,25-,27-,28-,29+,30+,31+/m1/s1. The molecule has 3 aliphatic heterocycles. The van der Waals surface area contributed by atoms with Gasteiger partial charge in [-0.3, -0.25) is 9.59 Å². The van der Waals surface area contributed by atoms with Gasteiger partial charge in [-0.1, -0.05) is 27.7 Å². The number of ether oxygens (including phenoxy) is 4. The van der Waals surface area contributed by atoms with Gasteiger partial charge in [-0.2, -0.15) is 0 Å². The first kappa shape index (κ1) is 33.8. The van der Waals surface area contributed by atoms with Gasteiger partial charge >= 0.3 is 5.97 Å². The van der Waals surface area contributed by atoms with Crippen LogP contribution in [0.2, 0.25) is 0 Å². The van der Waals surface area contributed by atoms with E-state index in [-0.39, 0.29) is 42.8 Å². The van der Waals surface area contributed by atoms with E-state index >= 15 is 0 Å². The number of likely N-dealkylation sites (N-methyl/N-ethyl adjacent to an activating group) is 1. The van der Waals surface area contributed by atoms with Crippen LogP contribution in [0.3, 0.4) is 0 Å². The molecule has 0 spiro atoms. The highest BCUT2D eigenvalue weighted by Gasteiger charge is 2.55. The van der Waals surface area contributed by atoms with E-state index in [9.17, 15) is 24.6 Å². The number of ketones is 1. The molecule has 41 heavy (non-hydrogen) atoms. The monoisotopic (exact) mass is 581 g/mol. The van der Waals surface area contributed by atoms with Crippen LogP contribution in [-0.4, -0.2) is 102 Å². The van der Waals surface area contributed by atoms with Crippen molar-refractivity contribution in [1.29, 1.82) is 0 Å². The van der Waals surface area contributed by atoms with Crippen LogP contribution in [0.25, 0.3) is 0 Å². The number of aldehydes is 1. The lowest BCUT2D eigenvalue weighted by Crippen LogP contribution is -2.56. The highest BCUT2D eigenvalue weighted by atomic mass is 16.7. The van der Waals surface area contributed by atoms with E-state index in [1.807, 2.05) is 53.6 Å². The number of nitrogens with zero attached hydrogens (tertiary/aromatic N) is 1. The Morgan fingerprint density at radius 2 is 1.80 bits per heavy atom. The molecule has 3 heterocycles. The van der Waals surface area contributed by atoms with Gasteiger partial charge in [-0.05, 0) is 65.3 Å². The Morgan fingerprint density at radius 3 is 2.41 bits per heavy atom. The van der Waals surface area contributed by atoms with E-state index < -0.39 is 60.0 Å². The van der Waals surface area contributed by atoms with E-state index in [2.05, 4.69) is 0 Å². The van der Waals surface area contributed by atoms with Crippen LogP contribution in [0.15, 0.2) is 12.2 Å². The molecule has 0 aliphatic carbocycles. The molecule has 0 saturated carbocycles. The van der Waals surface area contributed by atoms with Crippen molar-refractivity contribution < 1.29 is 43.5 Å². The second-order valence-electron chi connectivity index (χ2n) is 12.9. The molecule has 0 unspecified atom stereocenters. The smallest absolute Gasteiger partial charge is 0.308 e. The van der Waals surface area contributed by atoms with E-state index in [4.69, 9.17) is 18.9 Å². The summed E-state index contributed by atoms with van der Waals surface area (Å²) in [7, 11) is 3.76. The maximum atomic E-state index is 13.2. The highest BCUT2D eigenvalue weighted by molar-refractivity contribution is 5.91. The van der Waals surface area contributed by atoms with Gasteiger partial charge < -0.3 is 38.9 Å². The number of epoxide rings is 1. The van der Waals surface area contributed by atoms with E-state index in [0.717, 1.165) is 6.29 Å². The fourth-order valence-corrected chi connectivity index (χ4v) is 6.50. The van der Waals surface area contributed by atoms with Crippen molar-refractivity contribution in [3.8, 4) is 0 Å². The molecule has 2 N–H and O–H groups in total. The lowest BCUT2D eigenvalue weighted by atomic mass is 9.79. The molecule has 10 nitrogen and oxygen atoms in total. The van der Waals surface area contributed by atoms with Gasteiger partial charge in [0.2, 0.25) is 0 Å². The lowest BCUT2D eigenvalue weighted by molar-refractivity contribution is -0.283. The molecule has 0 aromatic rings. The molecular formula is C31H51NO9. The van der Waals surface area contributed by atoms with Gasteiger partial charge in [-0.25, -0.2) is 0 Å². The summed E-state index contributed by atoms with van der Waals surface area (Å²) in [6.45, 7) is 11.3. The van der Waals surface area contributed by atoms with Crippen molar-refractivity contribution >= 4 is 18.0 Å². The third kappa shape index (κ3) is 8.24. The predicted molar refractivity (Wildman–Crippen MR) is 152 cm³/mol. The molecule has 2 fully saturated rings. The number of hydrogen-bond acceptors (Lipinski definition) is 10. The number of carbonyl (C=O) groups excluding carboxylic acids is 3. The van der Waals surface area contributed by atoms with Crippen molar-refractivity contribution in [2.75, 3.05) is 14.1 Å². The quantitative estimate of drug-likeness (QED) is 0.274. The molecular weight excluding hydrogens is 530 g/mol. The first-order chi connectivity index (χ1) is 19.2. The Balaban J connectivity index is 1.95. The molecule has 3 aliphatic rings. The number of hydrogen-bond donors (Lipinski definition) is 2. The average molecular weight is 582 g/mol. The second kappa shape index (κ2) is 14.2. The maximum absolute atomic E-state index is 13.2. The molecule has 0 aromatic heterocycles. The van der Waals surface area contributed by atoms with Gasteiger partial charge in [0.25, 0.3) is 0 Å². The second-order valence-corrected chi connectivity index (χ2v) is 12.9. The summed E-state index contributed by atoms with van der Waals surface area (Å²) in [5.41, 5.74) is -0.637. The lowest BCUT2D eigenvalue weighted by Gasteiger charge is -2.44. The molecule has 234 valence electrons. The number of cyclic esters (lactones) is 1. The van der Waals surface area contributed by atoms with Crippen LogP contribution in [0.5, 0.6) is 0 Å². The molecule has 2 saturated heterocycles. The Morgan fingerprint density at radius 1 is 1.12 bits per heavy atom. The first-order valence-corrected chi connectivity index (χ1v) is 15.1. The third-order valence-electron chi connectivity index (χ3n) is 9.29. The van der Waals surface area contributed by atoms with Crippen molar-refractivity contribution in [2.45, 2.75) is 128 Å². The van der Waals surface area contributed by atoms with Crippen LogP contribution in [0.4, 0.5) is 0 Å². The molecule has 0 aromatic carbocycles. The van der Waals surface area contributed by atoms with Gasteiger partial charge in [-0.15, -0.1) is 0 Å². The summed E-state index contributed by atoms with van der Waals surface area (Å²) in [5, 5.41) is 22.4. The number of allylic oxidation sites excluding steroid dienone is 1. The summed E-state index contributed by atoms with van der Waals surface area (Å²) in [6, 6.07) is -0.219. The predicted octanol–water partition coefficient (Wildman–Crippen LogP) is 2.67. The van der Waals surface area contributed by atoms with Crippen molar-refractivity contribution in [2.24, 2.45) is 23.7 Å². The minimum Gasteiger partial charge on any atom is -0.462 e.